The Kier molecular flexibility index (Phi) is 6.08. The van der Waals surface area contributed by atoms with Gasteiger partial charge >= 0.3 is 0 Å². The molecule has 3 aromatic rings. The van der Waals surface area contributed by atoms with E-state index in [0.29, 0.717) is 45.9 Å². The highest BCUT2D eigenvalue weighted by molar-refractivity contribution is 9.10. The lowest BCUT2D eigenvalue weighted by molar-refractivity contribution is -0.128. The van der Waals surface area contributed by atoms with Crippen molar-refractivity contribution < 1.29 is 22.4 Å². The van der Waals surface area contributed by atoms with E-state index in [1.165, 1.54) is 6.07 Å². The highest BCUT2D eigenvalue weighted by Crippen LogP contribution is 2.40. The largest absolute Gasteiger partial charge is 0.490 e. The molecule has 1 N–H and O–H groups in total. The van der Waals surface area contributed by atoms with Gasteiger partial charge in [0.05, 0.1) is 22.2 Å². The van der Waals surface area contributed by atoms with Gasteiger partial charge < -0.3 is 9.15 Å². The molecular weight excluding hydrogens is 522 g/mol. The standard InChI is InChI=1S/C22H19BrClNO6S/c1-11-6-15(20-10-18(26)14-4-3-5-17(24)21(14)31-20)19(9-16(11)23)30-13-7-12(8-13)22(27)25-32(2,28)29/h3-6,9-10,12-13H,7-8H2,1-2H3,(H,25,27)/t12-,13+. The fourth-order valence-electron chi connectivity index (χ4n) is 3.55. The van der Waals surface area contributed by atoms with Crippen LogP contribution in [0.2, 0.25) is 5.02 Å². The third-order valence-corrected chi connectivity index (χ3v) is 7.00. The van der Waals surface area contributed by atoms with Crippen LogP contribution in [0, 0.1) is 12.8 Å². The van der Waals surface area contributed by atoms with Gasteiger partial charge in [-0.3, -0.25) is 14.3 Å². The van der Waals surface area contributed by atoms with Crippen LogP contribution in [-0.2, 0) is 14.8 Å². The highest BCUT2D eigenvalue weighted by atomic mass is 79.9. The predicted molar refractivity (Wildman–Crippen MR) is 125 cm³/mol. The fraction of sp³-hybridized carbons (Fsp3) is 0.273. The molecule has 0 spiro atoms. The number of nitrogens with one attached hydrogen (secondary N) is 1. The molecule has 1 fully saturated rings. The molecule has 0 bridgehead atoms. The first-order valence-electron chi connectivity index (χ1n) is 9.73. The number of rotatable bonds is 5. The van der Waals surface area contributed by atoms with Crippen molar-refractivity contribution in [1.82, 2.24) is 4.72 Å². The van der Waals surface area contributed by atoms with E-state index in [4.69, 9.17) is 20.8 Å². The Balaban J connectivity index is 1.64. The van der Waals surface area contributed by atoms with Gasteiger partial charge in [-0.05, 0) is 49.6 Å². The first-order valence-corrected chi connectivity index (χ1v) is 12.8. The number of halogens is 2. The van der Waals surface area contributed by atoms with E-state index in [0.717, 1.165) is 16.3 Å². The zero-order valence-corrected chi connectivity index (χ0v) is 20.3. The van der Waals surface area contributed by atoms with Crippen LogP contribution in [0.1, 0.15) is 18.4 Å². The third kappa shape index (κ3) is 4.69. The van der Waals surface area contributed by atoms with E-state index in [1.54, 1.807) is 24.3 Å². The number of sulfonamides is 1. The summed E-state index contributed by atoms with van der Waals surface area (Å²) in [5, 5.41) is 0.716. The number of carbonyl (C=O) groups excluding carboxylic acids is 1. The number of benzene rings is 2. The number of hydrogen-bond donors (Lipinski definition) is 1. The third-order valence-electron chi connectivity index (χ3n) is 5.28. The number of fused-ring (bicyclic) bond motifs is 1. The molecule has 32 heavy (non-hydrogen) atoms. The van der Waals surface area contributed by atoms with Crippen LogP contribution in [-0.4, -0.2) is 26.7 Å². The molecule has 1 aromatic heterocycles. The van der Waals surface area contributed by atoms with Gasteiger partial charge in [-0.15, -0.1) is 0 Å². The topological polar surface area (TPSA) is 103 Å². The van der Waals surface area contributed by atoms with Crippen LogP contribution in [0.5, 0.6) is 5.75 Å². The Morgan fingerprint density at radius 3 is 2.66 bits per heavy atom. The first-order chi connectivity index (χ1) is 15.0. The van der Waals surface area contributed by atoms with Gasteiger partial charge in [-0.25, -0.2) is 8.42 Å². The van der Waals surface area contributed by atoms with Gasteiger partial charge in [-0.2, -0.15) is 0 Å². The van der Waals surface area contributed by atoms with Crippen molar-refractivity contribution in [3.05, 3.63) is 61.7 Å². The summed E-state index contributed by atoms with van der Waals surface area (Å²) in [6.45, 7) is 1.90. The molecule has 0 atom stereocenters. The van der Waals surface area contributed by atoms with E-state index >= 15 is 0 Å². The van der Waals surface area contributed by atoms with Crippen molar-refractivity contribution in [2.45, 2.75) is 25.9 Å². The van der Waals surface area contributed by atoms with Crippen LogP contribution in [0.3, 0.4) is 0 Å². The summed E-state index contributed by atoms with van der Waals surface area (Å²) in [4.78, 5) is 24.7. The summed E-state index contributed by atoms with van der Waals surface area (Å²) >= 11 is 9.73. The summed E-state index contributed by atoms with van der Waals surface area (Å²) in [5.74, 6) is -0.187. The second kappa shape index (κ2) is 8.53. The molecule has 1 heterocycles. The van der Waals surface area contributed by atoms with Gasteiger partial charge in [0.2, 0.25) is 15.9 Å². The maximum Gasteiger partial charge on any atom is 0.236 e. The lowest BCUT2D eigenvalue weighted by Crippen LogP contribution is -2.45. The van der Waals surface area contributed by atoms with Crippen LogP contribution >= 0.6 is 27.5 Å². The predicted octanol–water partition coefficient (Wildman–Crippen LogP) is 4.42. The molecule has 1 saturated carbocycles. The molecule has 1 amide bonds. The molecule has 2 aromatic carbocycles. The maximum absolute atomic E-state index is 12.6. The Morgan fingerprint density at radius 1 is 1.25 bits per heavy atom. The van der Waals surface area contributed by atoms with Gasteiger partial charge in [0.15, 0.2) is 11.0 Å². The van der Waals surface area contributed by atoms with E-state index in [2.05, 4.69) is 15.9 Å². The molecule has 0 unspecified atom stereocenters. The van der Waals surface area contributed by atoms with Crippen molar-refractivity contribution in [2.24, 2.45) is 5.92 Å². The van der Waals surface area contributed by atoms with Crippen LogP contribution < -0.4 is 14.9 Å². The molecule has 168 valence electrons. The fourth-order valence-corrected chi connectivity index (χ4v) is 4.62. The van der Waals surface area contributed by atoms with E-state index in [-0.39, 0.29) is 11.5 Å². The lowest BCUT2D eigenvalue weighted by atomic mass is 9.82. The van der Waals surface area contributed by atoms with E-state index in [1.807, 2.05) is 17.7 Å². The molecular formula is C22H19BrClNO6S. The van der Waals surface area contributed by atoms with Gasteiger partial charge in [0, 0.05) is 16.5 Å². The summed E-state index contributed by atoms with van der Waals surface area (Å²) < 4.78 is 37.4. The van der Waals surface area contributed by atoms with Crippen molar-refractivity contribution >= 4 is 54.4 Å². The molecule has 0 saturated heterocycles. The molecule has 1 aliphatic carbocycles. The average molecular weight is 541 g/mol. The summed E-state index contributed by atoms with van der Waals surface area (Å²) in [6.07, 6.45) is 1.41. The zero-order valence-electron chi connectivity index (χ0n) is 17.1. The number of aryl methyl sites for hydroxylation is 1. The normalized spacial score (nSPS) is 18.2. The molecule has 10 heteroatoms. The SMILES string of the molecule is Cc1cc(-c2cc(=O)c3cccc(Cl)c3o2)c(O[C@H]2C[C@@H](C(=O)NS(C)(=O)=O)C2)cc1Br. The minimum absolute atomic E-state index is 0.226. The second-order valence-electron chi connectivity index (χ2n) is 7.84. The molecule has 0 aliphatic heterocycles. The Morgan fingerprint density at radius 2 is 1.97 bits per heavy atom. The van der Waals surface area contributed by atoms with Crippen molar-refractivity contribution in [2.75, 3.05) is 6.26 Å². The van der Waals surface area contributed by atoms with Crippen LogP contribution in [0.4, 0.5) is 0 Å². The van der Waals surface area contributed by atoms with Gasteiger partial charge in [0.1, 0.15) is 17.6 Å². The van der Waals surface area contributed by atoms with Crippen molar-refractivity contribution in [3.63, 3.8) is 0 Å². The van der Waals surface area contributed by atoms with Crippen LogP contribution in [0.15, 0.2) is 50.1 Å². The zero-order chi connectivity index (χ0) is 23.2. The molecule has 4 rings (SSSR count). The first kappa shape index (κ1) is 22.8. The number of amides is 1. The highest BCUT2D eigenvalue weighted by Gasteiger charge is 2.37. The molecule has 7 nitrogen and oxygen atoms in total. The van der Waals surface area contributed by atoms with Gasteiger partial charge in [-0.1, -0.05) is 33.6 Å². The van der Waals surface area contributed by atoms with E-state index in [9.17, 15) is 18.0 Å². The Labute approximate surface area is 197 Å². The number of carbonyl (C=O) groups is 1. The van der Waals surface area contributed by atoms with E-state index < -0.39 is 21.8 Å². The Hall–Kier alpha value is -2.36. The minimum Gasteiger partial charge on any atom is -0.490 e. The maximum atomic E-state index is 12.6. The Bertz CT molecular complexity index is 1400. The number of ether oxygens (including phenoxy) is 1. The number of para-hydroxylation sites is 1. The van der Waals surface area contributed by atoms with Crippen molar-refractivity contribution in [3.8, 4) is 17.1 Å². The number of hydrogen-bond acceptors (Lipinski definition) is 6. The minimum atomic E-state index is -3.60. The summed E-state index contributed by atoms with van der Waals surface area (Å²) in [5.41, 5.74) is 1.56. The monoisotopic (exact) mass is 539 g/mol. The molecule has 1 aliphatic rings. The summed E-state index contributed by atoms with van der Waals surface area (Å²) in [7, 11) is -3.60. The summed E-state index contributed by atoms with van der Waals surface area (Å²) in [6, 6.07) is 10.0. The van der Waals surface area contributed by atoms with Gasteiger partial charge in [0.25, 0.3) is 0 Å². The molecule has 0 radical (unpaired) electrons. The lowest BCUT2D eigenvalue weighted by Gasteiger charge is -2.34. The smallest absolute Gasteiger partial charge is 0.236 e. The quantitative estimate of drug-likeness (QED) is 0.514. The van der Waals surface area contributed by atoms with Crippen LogP contribution in [0.25, 0.3) is 22.3 Å². The second-order valence-corrected chi connectivity index (χ2v) is 10.8. The average Bonchev–Trinajstić information content (AvgIpc) is 2.66. The van der Waals surface area contributed by atoms with Crippen molar-refractivity contribution in [1.29, 1.82) is 0 Å².